The standard InChI is InChI=1S/C30H23NO5/c1-18(12-30(32)31-20-10-11-26-29(13-20)36-17-35-26)23-14-24-25(16-34-28(24)15-27(23)33-2)22-9-5-7-19-6-3-4-8-21(19)22/h3-16H,17H2,1-2H3,(H,31,32)/b18-12+. The molecule has 178 valence electrons. The second-order valence-electron chi connectivity index (χ2n) is 8.61. The molecule has 36 heavy (non-hydrogen) atoms. The maximum Gasteiger partial charge on any atom is 0.248 e. The molecular weight excluding hydrogens is 454 g/mol. The van der Waals surface area contributed by atoms with Gasteiger partial charge in [-0.05, 0) is 47.0 Å². The Bertz CT molecular complexity index is 1660. The summed E-state index contributed by atoms with van der Waals surface area (Å²) in [7, 11) is 1.61. The van der Waals surface area contributed by atoms with Crippen LogP contribution >= 0.6 is 0 Å². The van der Waals surface area contributed by atoms with Crippen molar-refractivity contribution in [3.05, 3.63) is 90.7 Å². The minimum absolute atomic E-state index is 0.183. The van der Waals surface area contributed by atoms with Gasteiger partial charge in [-0.1, -0.05) is 42.5 Å². The minimum Gasteiger partial charge on any atom is -0.496 e. The Kier molecular flexibility index (Phi) is 5.34. The number of amides is 1. The highest BCUT2D eigenvalue weighted by Gasteiger charge is 2.17. The summed E-state index contributed by atoms with van der Waals surface area (Å²) in [6, 6.07) is 23.7. The quantitative estimate of drug-likeness (QED) is 0.275. The average Bonchev–Trinajstić information content (AvgIpc) is 3.53. The summed E-state index contributed by atoms with van der Waals surface area (Å²) in [5.41, 5.74) is 5.00. The zero-order valence-electron chi connectivity index (χ0n) is 19.8. The van der Waals surface area contributed by atoms with Gasteiger partial charge in [0, 0.05) is 40.4 Å². The predicted molar refractivity (Wildman–Crippen MR) is 141 cm³/mol. The summed E-state index contributed by atoms with van der Waals surface area (Å²) < 4.78 is 22.3. The minimum atomic E-state index is -0.255. The molecule has 1 aliphatic rings. The number of hydrogen-bond donors (Lipinski definition) is 1. The van der Waals surface area contributed by atoms with Gasteiger partial charge >= 0.3 is 0 Å². The Morgan fingerprint density at radius 2 is 1.75 bits per heavy atom. The predicted octanol–water partition coefficient (Wildman–Crippen LogP) is 7.03. The monoisotopic (exact) mass is 477 g/mol. The molecule has 6 nitrogen and oxygen atoms in total. The van der Waals surface area contributed by atoms with Crippen LogP contribution in [0.2, 0.25) is 0 Å². The van der Waals surface area contributed by atoms with Crippen molar-refractivity contribution < 1.29 is 23.4 Å². The Balaban J connectivity index is 1.37. The van der Waals surface area contributed by atoms with Gasteiger partial charge in [0.25, 0.3) is 0 Å². The number of ether oxygens (including phenoxy) is 3. The van der Waals surface area contributed by atoms with E-state index in [0.29, 0.717) is 22.9 Å². The molecule has 0 aliphatic carbocycles. The van der Waals surface area contributed by atoms with Crippen LogP contribution in [0.15, 0.2) is 89.6 Å². The summed E-state index contributed by atoms with van der Waals surface area (Å²) in [6.07, 6.45) is 3.34. The van der Waals surface area contributed by atoms with Crippen LogP contribution in [0, 0.1) is 0 Å². The maximum atomic E-state index is 12.8. The SMILES string of the molecule is COc1cc2occ(-c3cccc4ccccc34)c2cc1/C(C)=C/C(=O)Nc1ccc2c(c1)OCO2. The first-order valence-electron chi connectivity index (χ1n) is 11.6. The first kappa shape index (κ1) is 21.8. The van der Waals surface area contributed by atoms with Gasteiger partial charge in [0.05, 0.1) is 13.4 Å². The van der Waals surface area contributed by atoms with Crippen molar-refractivity contribution in [3.63, 3.8) is 0 Å². The Labute approximate surface area is 207 Å². The third kappa shape index (κ3) is 3.82. The molecule has 6 heteroatoms. The molecule has 4 aromatic carbocycles. The second kappa shape index (κ2) is 8.82. The number of nitrogens with one attached hydrogen (secondary N) is 1. The molecule has 0 spiro atoms. The molecule has 0 atom stereocenters. The van der Waals surface area contributed by atoms with Crippen molar-refractivity contribution in [2.75, 3.05) is 19.2 Å². The third-order valence-corrected chi connectivity index (χ3v) is 6.39. The molecule has 0 radical (unpaired) electrons. The molecule has 1 aliphatic heterocycles. The van der Waals surface area contributed by atoms with E-state index in [-0.39, 0.29) is 12.7 Å². The summed E-state index contributed by atoms with van der Waals surface area (Å²) in [5, 5.41) is 6.15. The number of carbonyl (C=O) groups excluding carboxylic acids is 1. The molecule has 0 saturated carbocycles. The lowest BCUT2D eigenvalue weighted by Gasteiger charge is -2.11. The van der Waals surface area contributed by atoms with Crippen molar-refractivity contribution in [2.24, 2.45) is 0 Å². The molecule has 5 aromatic rings. The van der Waals surface area contributed by atoms with Crippen molar-refractivity contribution in [1.82, 2.24) is 0 Å². The number of carbonyl (C=O) groups is 1. The number of fused-ring (bicyclic) bond motifs is 3. The normalized spacial score (nSPS) is 12.8. The van der Waals surface area contributed by atoms with Crippen molar-refractivity contribution in [2.45, 2.75) is 6.92 Å². The van der Waals surface area contributed by atoms with Crippen LogP contribution in [0.25, 0.3) is 38.4 Å². The highest BCUT2D eigenvalue weighted by molar-refractivity contribution is 6.07. The number of methoxy groups -OCH3 is 1. The van der Waals surface area contributed by atoms with Gasteiger partial charge in [0.2, 0.25) is 12.7 Å². The molecule has 1 aromatic heterocycles. The van der Waals surface area contributed by atoms with Crippen LogP contribution in [0.5, 0.6) is 17.2 Å². The van der Waals surface area contributed by atoms with Crippen LogP contribution in [0.3, 0.4) is 0 Å². The Morgan fingerprint density at radius 1 is 0.917 bits per heavy atom. The fourth-order valence-corrected chi connectivity index (χ4v) is 4.63. The van der Waals surface area contributed by atoms with E-state index in [0.717, 1.165) is 44.0 Å². The summed E-state index contributed by atoms with van der Waals surface area (Å²) in [4.78, 5) is 12.8. The van der Waals surface area contributed by atoms with Gasteiger partial charge in [0.1, 0.15) is 11.3 Å². The summed E-state index contributed by atoms with van der Waals surface area (Å²) in [6.45, 7) is 2.07. The fraction of sp³-hybridized carbons (Fsp3) is 0.100. The van der Waals surface area contributed by atoms with E-state index in [2.05, 4.69) is 29.6 Å². The number of benzene rings is 4. The number of furan rings is 1. The van der Waals surface area contributed by atoms with E-state index in [4.69, 9.17) is 18.6 Å². The molecule has 0 fully saturated rings. The van der Waals surface area contributed by atoms with Gasteiger partial charge < -0.3 is 23.9 Å². The molecular formula is C30H23NO5. The van der Waals surface area contributed by atoms with Gasteiger partial charge in [-0.15, -0.1) is 0 Å². The van der Waals surface area contributed by atoms with E-state index < -0.39 is 0 Å². The van der Waals surface area contributed by atoms with E-state index in [1.54, 1.807) is 37.6 Å². The topological polar surface area (TPSA) is 69.9 Å². The van der Waals surface area contributed by atoms with E-state index >= 15 is 0 Å². The van der Waals surface area contributed by atoms with Crippen molar-refractivity contribution >= 4 is 38.9 Å². The van der Waals surface area contributed by atoms with Gasteiger partial charge in [0.15, 0.2) is 11.5 Å². The van der Waals surface area contributed by atoms with E-state index in [1.807, 2.05) is 37.3 Å². The Hall–Kier alpha value is -4.71. The number of allylic oxidation sites excluding steroid dienone is 1. The van der Waals surface area contributed by atoms with Crippen molar-refractivity contribution in [3.8, 4) is 28.4 Å². The fourth-order valence-electron chi connectivity index (χ4n) is 4.63. The molecule has 1 amide bonds. The Morgan fingerprint density at radius 3 is 2.64 bits per heavy atom. The molecule has 2 heterocycles. The zero-order chi connectivity index (χ0) is 24.6. The smallest absolute Gasteiger partial charge is 0.248 e. The summed E-state index contributed by atoms with van der Waals surface area (Å²) in [5.74, 6) is 1.65. The third-order valence-electron chi connectivity index (χ3n) is 6.39. The lowest BCUT2D eigenvalue weighted by Crippen LogP contribution is -2.08. The van der Waals surface area contributed by atoms with Crippen LogP contribution in [0.1, 0.15) is 12.5 Å². The maximum absolute atomic E-state index is 12.8. The number of rotatable bonds is 5. The van der Waals surface area contributed by atoms with E-state index in [1.165, 1.54) is 0 Å². The first-order chi connectivity index (χ1) is 17.6. The van der Waals surface area contributed by atoms with Gasteiger partial charge in [-0.25, -0.2) is 0 Å². The summed E-state index contributed by atoms with van der Waals surface area (Å²) >= 11 is 0. The van der Waals surface area contributed by atoms with E-state index in [9.17, 15) is 4.79 Å². The lowest BCUT2D eigenvalue weighted by atomic mass is 9.96. The molecule has 0 bridgehead atoms. The van der Waals surface area contributed by atoms with Crippen molar-refractivity contribution in [1.29, 1.82) is 0 Å². The van der Waals surface area contributed by atoms with Crippen LogP contribution < -0.4 is 19.5 Å². The number of hydrogen-bond acceptors (Lipinski definition) is 5. The van der Waals surface area contributed by atoms with Gasteiger partial charge in [-0.3, -0.25) is 4.79 Å². The first-order valence-corrected chi connectivity index (χ1v) is 11.6. The molecule has 0 unspecified atom stereocenters. The lowest BCUT2D eigenvalue weighted by molar-refractivity contribution is -0.111. The molecule has 6 rings (SSSR count). The molecule has 0 saturated heterocycles. The highest BCUT2D eigenvalue weighted by Crippen LogP contribution is 2.40. The molecule has 1 N–H and O–H groups in total. The van der Waals surface area contributed by atoms with Crippen LogP contribution in [-0.4, -0.2) is 19.8 Å². The zero-order valence-corrected chi connectivity index (χ0v) is 19.8. The number of anilines is 1. The van der Waals surface area contributed by atoms with Crippen LogP contribution in [0.4, 0.5) is 5.69 Å². The average molecular weight is 478 g/mol. The highest BCUT2D eigenvalue weighted by atomic mass is 16.7. The second-order valence-corrected chi connectivity index (χ2v) is 8.61. The van der Waals surface area contributed by atoms with Crippen LogP contribution in [-0.2, 0) is 4.79 Å². The largest absolute Gasteiger partial charge is 0.496 e. The van der Waals surface area contributed by atoms with Gasteiger partial charge in [-0.2, -0.15) is 0 Å².